The van der Waals surface area contributed by atoms with Crippen LogP contribution in [0.3, 0.4) is 0 Å². The van der Waals surface area contributed by atoms with Crippen LogP contribution < -0.4 is 10.1 Å². The predicted molar refractivity (Wildman–Crippen MR) is 146 cm³/mol. The zero-order valence-electron chi connectivity index (χ0n) is 20.1. The van der Waals surface area contributed by atoms with Crippen molar-refractivity contribution in [1.82, 2.24) is 0 Å². The van der Waals surface area contributed by atoms with E-state index in [0.29, 0.717) is 33.8 Å². The number of benzene rings is 4. The van der Waals surface area contributed by atoms with Gasteiger partial charge in [-0.05, 0) is 61.2 Å². The van der Waals surface area contributed by atoms with Gasteiger partial charge in [0.15, 0.2) is 5.75 Å². The largest absolute Gasteiger partial charge is 0.505 e. The van der Waals surface area contributed by atoms with Crippen LogP contribution in [0.15, 0.2) is 75.8 Å². The number of carbonyl (C=O) groups is 1. The van der Waals surface area contributed by atoms with Gasteiger partial charge in [-0.25, -0.2) is 0 Å². The molecule has 9 nitrogen and oxygen atoms in total. The van der Waals surface area contributed by atoms with Gasteiger partial charge in [0.2, 0.25) is 0 Å². The molecule has 4 aromatic carbocycles. The third-order valence-electron chi connectivity index (χ3n) is 5.59. The second-order valence-corrected chi connectivity index (χ2v) is 10.3. The predicted octanol–water partition coefficient (Wildman–Crippen LogP) is 7.47. The van der Waals surface area contributed by atoms with E-state index in [0.717, 1.165) is 6.07 Å². The monoisotopic (exact) mass is 573 g/mol. The van der Waals surface area contributed by atoms with Crippen molar-refractivity contribution in [1.29, 1.82) is 0 Å². The molecule has 0 unspecified atom stereocenters. The number of rotatable bonds is 7. The van der Waals surface area contributed by atoms with Gasteiger partial charge in [-0.2, -0.15) is 8.42 Å². The fourth-order valence-electron chi connectivity index (χ4n) is 3.72. The van der Waals surface area contributed by atoms with Crippen LogP contribution in [-0.2, 0) is 10.1 Å². The average molecular weight is 574 g/mol. The van der Waals surface area contributed by atoms with Crippen LogP contribution in [-0.4, -0.2) is 30.6 Å². The quantitative estimate of drug-likeness (QED) is 0.155. The van der Waals surface area contributed by atoms with E-state index >= 15 is 0 Å². The first kappa shape index (κ1) is 27.3. The molecule has 0 bridgehead atoms. The van der Waals surface area contributed by atoms with Crippen LogP contribution in [0.25, 0.3) is 10.8 Å². The van der Waals surface area contributed by atoms with Crippen molar-refractivity contribution in [3.63, 3.8) is 0 Å². The Labute approximate surface area is 228 Å². The molecule has 4 aromatic rings. The van der Waals surface area contributed by atoms with Gasteiger partial charge in [0.1, 0.15) is 22.0 Å². The molecule has 12 heteroatoms. The van der Waals surface area contributed by atoms with Gasteiger partial charge in [-0.1, -0.05) is 47.5 Å². The van der Waals surface area contributed by atoms with E-state index < -0.39 is 26.7 Å². The molecule has 0 atom stereocenters. The normalized spacial score (nSPS) is 11.7. The molecule has 0 saturated heterocycles. The highest BCUT2D eigenvalue weighted by Gasteiger charge is 2.21. The highest BCUT2D eigenvalue weighted by Crippen LogP contribution is 2.41. The molecule has 0 radical (unpaired) electrons. The number of amides is 1. The standard InChI is InChI=1S/C26H21Cl2N3O6S/c1-3-37-21-10-8-16(13-20(21)28)29-26(33)18-12-15-6-4-5-7-17(15)24(25(18)32)31-30-23-14(2)19(27)9-11-22(23)38(34,35)36/h4-13,32H,3H2,1-2H3,(H,29,33)(H,34,35,36). The lowest BCUT2D eigenvalue weighted by atomic mass is 10.0. The lowest BCUT2D eigenvalue weighted by Crippen LogP contribution is -2.12. The second kappa shape index (κ2) is 11.0. The Balaban J connectivity index is 1.80. The molecule has 0 fully saturated rings. The molecule has 0 spiro atoms. The van der Waals surface area contributed by atoms with E-state index in [2.05, 4.69) is 15.5 Å². The summed E-state index contributed by atoms with van der Waals surface area (Å²) in [6, 6.07) is 15.5. The van der Waals surface area contributed by atoms with Crippen LogP contribution in [0.1, 0.15) is 22.8 Å². The molecule has 0 heterocycles. The summed E-state index contributed by atoms with van der Waals surface area (Å²) >= 11 is 12.3. The first-order valence-corrected chi connectivity index (χ1v) is 13.4. The Hall–Kier alpha value is -3.70. The van der Waals surface area contributed by atoms with Crippen molar-refractivity contribution in [3.8, 4) is 11.5 Å². The van der Waals surface area contributed by atoms with Gasteiger partial charge >= 0.3 is 0 Å². The maximum absolute atomic E-state index is 13.2. The zero-order chi connectivity index (χ0) is 27.6. The molecule has 196 valence electrons. The van der Waals surface area contributed by atoms with E-state index in [9.17, 15) is 22.9 Å². The minimum absolute atomic E-state index is 0.0846. The summed E-state index contributed by atoms with van der Waals surface area (Å²) < 4.78 is 38.8. The number of hydrogen-bond donors (Lipinski definition) is 3. The first-order valence-electron chi connectivity index (χ1n) is 11.2. The van der Waals surface area contributed by atoms with Crippen LogP contribution in [0.4, 0.5) is 17.1 Å². The van der Waals surface area contributed by atoms with Crippen LogP contribution in [0.2, 0.25) is 10.0 Å². The summed E-state index contributed by atoms with van der Waals surface area (Å²) in [5.74, 6) is -0.679. The fourth-order valence-corrected chi connectivity index (χ4v) is 4.79. The van der Waals surface area contributed by atoms with Gasteiger partial charge in [-0.3, -0.25) is 9.35 Å². The summed E-state index contributed by atoms with van der Waals surface area (Å²) in [5.41, 5.74) is 0.212. The number of nitrogens with zero attached hydrogens (tertiary/aromatic N) is 2. The maximum Gasteiger partial charge on any atom is 0.296 e. The lowest BCUT2D eigenvalue weighted by molar-refractivity contribution is 0.102. The molecule has 0 aromatic heterocycles. The number of ether oxygens (including phenoxy) is 1. The smallest absolute Gasteiger partial charge is 0.296 e. The number of aromatic hydroxyl groups is 1. The highest BCUT2D eigenvalue weighted by atomic mass is 35.5. The zero-order valence-corrected chi connectivity index (χ0v) is 22.4. The summed E-state index contributed by atoms with van der Waals surface area (Å²) in [6.07, 6.45) is 0. The number of anilines is 1. The Morgan fingerprint density at radius 1 is 1.00 bits per heavy atom. The minimum atomic E-state index is -4.66. The molecule has 0 aliphatic carbocycles. The van der Waals surface area contributed by atoms with Crippen LogP contribution in [0, 0.1) is 6.92 Å². The molecule has 0 aliphatic rings. The van der Waals surface area contributed by atoms with Crippen LogP contribution >= 0.6 is 23.2 Å². The van der Waals surface area contributed by atoms with E-state index in [1.165, 1.54) is 25.1 Å². The van der Waals surface area contributed by atoms with Gasteiger partial charge in [0, 0.05) is 16.1 Å². The van der Waals surface area contributed by atoms with Crippen molar-refractivity contribution in [3.05, 3.63) is 81.8 Å². The Bertz CT molecular complexity index is 1710. The SMILES string of the molecule is CCOc1ccc(NC(=O)c2cc3ccccc3c(N=Nc3c(S(=O)(=O)O)ccc(Cl)c3C)c2O)cc1Cl. The molecular weight excluding hydrogens is 553 g/mol. The molecule has 38 heavy (non-hydrogen) atoms. The molecule has 3 N–H and O–H groups in total. The third kappa shape index (κ3) is 5.58. The number of halogens is 2. The number of hydrogen-bond acceptors (Lipinski definition) is 7. The lowest BCUT2D eigenvalue weighted by Gasteiger charge is -2.12. The van der Waals surface area contributed by atoms with E-state index in [1.54, 1.807) is 36.4 Å². The molecular formula is C26H21Cl2N3O6S. The number of phenols is 1. The number of carbonyl (C=O) groups excluding carboxylic acids is 1. The highest BCUT2D eigenvalue weighted by molar-refractivity contribution is 7.86. The van der Waals surface area contributed by atoms with Gasteiger partial charge in [-0.15, -0.1) is 10.2 Å². The topological polar surface area (TPSA) is 138 Å². The average Bonchev–Trinajstić information content (AvgIpc) is 2.86. The summed E-state index contributed by atoms with van der Waals surface area (Å²) in [4.78, 5) is 12.7. The number of fused-ring (bicyclic) bond motifs is 1. The number of azo groups is 1. The summed E-state index contributed by atoms with van der Waals surface area (Å²) in [5, 5.41) is 23.4. The Morgan fingerprint density at radius 3 is 2.39 bits per heavy atom. The Morgan fingerprint density at radius 2 is 1.71 bits per heavy atom. The second-order valence-electron chi connectivity index (χ2n) is 8.07. The fraction of sp³-hybridized carbons (Fsp3) is 0.115. The minimum Gasteiger partial charge on any atom is -0.505 e. The molecule has 1 amide bonds. The van der Waals surface area contributed by atoms with Gasteiger partial charge < -0.3 is 15.2 Å². The number of phenolic OH excluding ortho intramolecular Hbond substituents is 1. The molecule has 0 saturated carbocycles. The van der Waals surface area contributed by atoms with Crippen molar-refractivity contribution >= 4 is 67.1 Å². The van der Waals surface area contributed by atoms with Crippen molar-refractivity contribution in [2.45, 2.75) is 18.7 Å². The van der Waals surface area contributed by atoms with E-state index in [1.807, 2.05) is 6.92 Å². The van der Waals surface area contributed by atoms with Gasteiger partial charge in [0.05, 0.1) is 17.2 Å². The summed E-state index contributed by atoms with van der Waals surface area (Å²) in [7, 11) is -4.66. The first-order chi connectivity index (χ1) is 18.0. The Kier molecular flexibility index (Phi) is 7.89. The van der Waals surface area contributed by atoms with E-state index in [4.69, 9.17) is 27.9 Å². The third-order valence-corrected chi connectivity index (χ3v) is 7.18. The van der Waals surface area contributed by atoms with Gasteiger partial charge in [0.25, 0.3) is 16.0 Å². The van der Waals surface area contributed by atoms with Crippen molar-refractivity contribution in [2.75, 3.05) is 11.9 Å². The van der Waals surface area contributed by atoms with Crippen molar-refractivity contribution < 1.29 is 27.6 Å². The maximum atomic E-state index is 13.2. The van der Waals surface area contributed by atoms with Crippen LogP contribution in [0.5, 0.6) is 11.5 Å². The summed E-state index contributed by atoms with van der Waals surface area (Å²) in [6.45, 7) is 3.75. The number of nitrogens with one attached hydrogen (secondary N) is 1. The van der Waals surface area contributed by atoms with E-state index in [-0.39, 0.29) is 27.5 Å². The molecule has 4 rings (SSSR count). The van der Waals surface area contributed by atoms with Crippen molar-refractivity contribution in [2.24, 2.45) is 10.2 Å². The molecule has 0 aliphatic heterocycles.